The van der Waals surface area contributed by atoms with Crippen LogP contribution in [-0.2, 0) is 6.54 Å². The van der Waals surface area contributed by atoms with Gasteiger partial charge >= 0.3 is 5.97 Å². The molecule has 98 valence electrons. The minimum atomic E-state index is -0.908. The summed E-state index contributed by atoms with van der Waals surface area (Å²) in [7, 11) is 3.99. The number of carbonyl (C=O) groups is 1. The van der Waals surface area contributed by atoms with E-state index in [9.17, 15) is 4.79 Å². The number of hydrogen-bond acceptors (Lipinski definition) is 3. The van der Waals surface area contributed by atoms with E-state index in [0.717, 1.165) is 23.4 Å². The van der Waals surface area contributed by atoms with Gasteiger partial charge in [-0.2, -0.15) is 0 Å². The molecule has 2 rings (SSSR count). The SMILES string of the molecule is CN(C)Cc1cc(-c2ccc(C(=O)O)cc2)ccn1. The van der Waals surface area contributed by atoms with Crippen LogP contribution < -0.4 is 0 Å². The molecule has 0 amide bonds. The van der Waals surface area contributed by atoms with Crippen molar-refractivity contribution in [2.75, 3.05) is 14.1 Å². The molecule has 0 spiro atoms. The highest BCUT2D eigenvalue weighted by Crippen LogP contribution is 2.20. The molecular weight excluding hydrogens is 240 g/mol. The van der Waals surface area contributed by atoms with Gasteiger partial charge in [0.25, 0.3) is 0 Å². The number of pyridine rings is 1. The molecule has 1 aromatic heterocycles. The summed E-state index contributed by atoms with van der Waals surface area (Å²) in [4.78, 5) is 17.2. The molecule has 0 radical (unpaired) electrons. The maximum Gasteiger partial charge on any atom is 0.335 e. The zero-order chi connectivity index (χ0) is 13.8. The fourth-order valence-electron chi connectivity index (χ4n) is 1.87. The van der Waals surface area contributed by atoms with Gasteiger partial charge in [0.1, 0.15) is 0 Å². The standard InChI is InChI=1S/C15H16N2O2/c1-17(2)10-14-9-13(7-8-16-14)11-3-5-12(6-4-11)15(18)19/h3-9H,10H2,1-2H3,(H,18,19). The molecule has 0 fully saturated rings. The average molecular weight is 256 g/mol. The zero-order valence-electron chi connectivity index (χ0n) is 11.0. The molecule has 0 atom stereocenters. The lowest BCUT2D eigenvalue weighted by Gasteiger charge is -2.10. The van der Waals surface area contributed by atoms with E-state index >= 15 is 0 Å². The van der Waals surface area contributed by atoms with Gasteiger partial charge in [0, 0.05) is 12.7 Å². The smallest absolute Gasteiger partial charge is 0.335 e. The highest BCUT2D eigenvalue weighted by atomic mass is 16.4. The normalized spacial score (nSPS) is 10.7. The fraction of sp³-hybridized carbons (Fsp3) is 0.200. The van der Waals surface area contributed by atoms with Crippen molar-refractivity contribution < 1.29 is 9.90 Å². The van der Waals surface area contributed by atoms with Crippen molar-refractivity contribution >= 4 is 5.97 Å². The Labute approximate surface area is 112 Å². The van der Waals surface area contributed by atoms with Crippen LogP contribution in [-0.4, -0.2) is 35.1 Å². The second-order valence-corrected chi connectivity index (χ2v) is 4.66. The molecule has 0 unspecified atom stereocenters. The van der Waals surface area contributed by atoms with Gasteiger partial charge in [-0.25, -0.2) is 4.79 Å². The van der Waals surface area contributed by atoms with Crippen LogP contribution in [0.5, 0.6) is 0 Å². The highest BCUT2D eigenvalue weighted by molar-refractivity contribution is 5.88. The summed E-state index contributed by atoms with van der Waals surface area (Å²) >= 11 is 0. The predicted molar refractivity (Wildman–Crippen MR) is 74.0 cm³/mol. The molecule has 4 nitrogen and oxygen atoms in total. The Morgan fingerprint density at radius 2 is 1.84 bits per heavy atom. The maximum absolute atomic E-state index is 10.8. The van der Waals surface area contributed by atoms with E-state index in [1.807, 2.05) is 38.4 Å². The predicted octanol–water partition coefficient (Wildman–Crippen LogP) is 2.51. The van der Waals surface area contributed by atoms with Crippen LogP contribution in [0.2, 0.25) is 0 Å². The number of rotatable bonds is 4. The molecule has 0 bridgehead atoms. The van der Waals surface area contributed by atoms with E-state index in [4.69, 9.17) is 5.11 Å². The summed E-state index contributed by atoms with van der Waals surface area (Å²) in [5.41, 5.74) is 3.33. The molecule has 0 aliphatic rings. The number of aromatic nitrogens is 1. The fourth-order valence-corrected chi connectivity index (χ4v) is 1.87. The zero-order valence-corrected chi connectivity index (χ0v) is 11.0. The molecule has 2 aromatic rings. The number of carboxylic acids is 1. The summed E-state index contributed by atoms with van der Waals surface area (Å²) in [6, 6.07) is 10.8. The first-order chi connectivity index (χ1) is 9.06. The van der Waals surface area contributed by atoms with Gasteiger partial charge < -0.3 is 10.0 Å². The molecule has 1 heterocycles. The third-order valence-electron chi connectivity index (χ3n) is 2.76. The van der Waals surface area contributed by atoms with Crippen molar-refractivity contribution in [3.05, 3.63) is 53.9 Å². The topological polar surface area (TPSA) is 53.4 Å². The first-order valence-corrected chi connectivity index (χ1v) is 5.99. The van der Waals surface area contributed by atoms with Crippen LogP contribution in [0.25, 0.3) is 11.1 Å². The van der Waals surface area contributed by atoms with E-state index in [0.29, 0.717) is 5.56 Å². The van der Waals surface area contributed by atoms with E-state index < -0.39 is 5.97 Å². The Hall–Kier alpha value is -2.20. The Bertz CT molecular complexity index is 577. The third-order valence-corrected chi connectivity index (χ3v) is 2.76. The van der Waals surface area contributed by atoms with E-state index in [1.165, 1.54) is 0 Å². The molecule has 0 aliphatic heterocycles. The molecule has 0 saturated heterocycles. The quantitative estimate of drug-likeness (QED) is 0.913. The summed E-state index contributed by atoms with van der Waals surface area (Å²) < 4.78 is 0. The van der Waals surface area contributed by atoms with Gasteiger partial charge in [-0.05, 0) is 49.5 Å². The first-order valence-electron chi connectivity index (χ1n) is 5.99. The molecule has 19 heavy (non-hydrogen) atoms. The van der Waals surface area contributed by atoms with Crippen molar-refractivity contribution in [3.8, 4) is 11.1 Å². The van der Waals surface area contributed by atoms with Gasteiger partial charge in [0.15, 0.2) is 0 Å². The average Bonchev–Trinajstić information content (AvgIpc) is 2.38. The van der Waals surface area contributed by atoms with Crippen LogP contribution in [0.15, 0.2) is 42.6 Å². The molecule has 0 saturated carbocycles. The van der Waals surface area contributed by atoms with Crippen molar-refractivity contribution in [3.63, 3.8) is 0 Å². The van der Waals surface area contributed by atoms with E-state index in [2.05, 4.69) is 9.88 Å². The Balaban J connectivity index is 2.28. The Morgan fingerprint density at radius 1 is 1.16 bits per heavy atom. The summed E-state index contributed by atoms with van der Waals surface area (Å²) in [6.45, 7) is 0.779. The molecule has 1 N–H and O–H groups in total. The highest BCUT2D eigenvalue weighted by Gasteiger charge is 2.04. The number of nitrogens with zero attached hydrogens (tertiary/aromatic N) is 2. The lowest BCUT2D eigenvalue weighted by Crippen LogP contribution is -2.11. The summed E-state index contributed by atoms with van der Waals surface area (Å²) in [5, 5.41) is 8.87. The number of benzene rings is 1. The number of carboxylic acid groups (broad SMARTS) is 1. The summed E-state index contributed by atoms with van der Waals surface area (Å²) in [5.74, 6) is -0.908. The second kappa shape index (κ2) is 5.63. The second-order valence-electron chi connectivity index (χ2n) is 4.66. The van der Waals surface area contributed by atoms with Gasteiger partial charge in [0.05, 0.1) is 11.3 Å². The van der Waals surface area contributed by atoms with Crippen molar-refractivity contribution in [2.45, 2.75) is 6.54 Å². The molecule has 0 aliphatic carbocycles. The van der Waals surface area contributed by atoms with E-state index in [-0.39, 0.29) is 0 Å². The summed E-state index contributed by atoms with van der Waals surface area (Å²) in [6.07, 6.45) is 1.78. The Kier molecular flexibility index (Phi) is 3.92. The Morgan fingerprint density at radius 3 is 2.42 bits per heavy atom. The molecule has 1 aromatic carbocycles. The minimum absolute atomic E-state index is 0.298. The van der Waals surface area contributed by atoms with Crippen LogP contribution in [0, 0.1) is 0 Å². The molecular formula is C15H16N2O2. The van der Waals surface area contributed by atoms with Crippen molar-refractivity contribution in [1.29, 1.82) is 0 Å². The largest absolute Gasteiger partial charge is 0.478 e. The van der Waals surface area contributed by atoms with E-state index in [1.54, 1.807) is 18.3 Å². The van der Waals surface area contributed by atoms with Crippen LogP contribution in [0.3, 0.4) is 0 Å². The maximum atomic E-state index is 10.8. The van der Waals surface area contributed by atoms with Crippen molar-refractivity contribution in [1.82, 2.24) is 9.88 Å². The van der Waals surface area contributed by atoms with Gasteiger partial charge in [0.2, 0.25) is 0 Å². The minimum Gasteiger partial charge on any atom is -0.478 e. The number of hydrogen-bond donors (Lipinski definition) is 1. The lowest BCUT2D eigenvalue weighted by molar-refractivity contribution is 0.0697. The monoisotopic (exact) mass is 256 g/mol. The van der Waals surface area contributed by atoms with Crippen LogP contribution >= 0.6 is 0 Å². The lowest BCUT2D eigenvalue weighted by atomic mass is 10.0. The van der Waals surface area contributed by atoms with Crippen molar-refractivity contribution in [2.24, 2.45) is 0 Å². The molecule has 4 heteroatoms. The van der Waals surface area contributed by atoms with Crippen LogP contribution in [0.1, 0.15) is 16.1 Å². The third kappa shape index (κ3) is 3.39. The van der Waals surface area contributed by atoms with Gasteiger partial charge in [-0.1, -0.05) is 12.1 Å². The number of aromatic carboxylic acids is 1. The van der Waals surface area contributed by atoms with Gasteiger partial charge in [-0.15, -0.1) is 0 Å². The first kappa shape index (κ1) is 13.2. The van der Waals surface area contributed by atoms with Crippen LogP contribution in [0.4, 0.5) is 0 Å². The van der Waals surface area contributed by atoms with Gasteiger partial charge in [-0.3, -0.25) is 4.98 Å².